The fourth-order valence-electron chi connectivity index (χ4n) is 1.31. The second-order valence-corrected chi connectivity index (χ2v) is 5.86. The van der Waals surface area contributed by atoms with Crippen LogP contribution in [0.2, 0.25) is 0 Å². The van der Waals surface area contributed by atoms with Gasteiger partial charge in [-0.05, 0) is 19.1 Å². The van der Waals surface area contributed by atoms with Crippen molar-refractivity contribution in [1.82, 2.24) is 4.72 Å². The van der Waals surface area contributed by atoms with Gasteiger partial charge >= 0.3 is 5.97 Å². The lowest BCUT2D eigenvalue weighted by Gasteiger charge is -2.17. The average molecular weight is 293 g/mol. The molecule has 2 atom stereocenters. The number of carboxylic acids is 1. The largest absolute Gasteiger partial charge is 0.481 e. The van der Waals surface area contributed by atoms with Gasteiger partial charge < -0.3 is 5.11 Å². The van der Waals surface area contributed by atoms with E-state index in [-0.39, 0.29) is 0 Å². The zero-order valence-electron chi connectivity index (χ0n) is 10.2. The Bertz CT molecular complexity index is 568. The molecule has 5 nitrogen and oxygen atoms in total. The molecule has 0 aromatic heterocycles. The van der Waals surface area contributed by atoms with E-state index in [1.54, 1.807) is 0 Å². The van der Waals surface area contributed by atoms with Gasteiger partial charge in [0.15, 0.2) is 0 Å². The Labute approximate surface area is 109 Å². The lowest BCUT2D eigenvalue weighted by Crippen LogP contribution is -2.40. The molecule has 0 spiro atoms. The summed E-state index contributed by atoms with van der Waals surface area (Å²) in [5.41, 5.74) is 0. The van der Waals surface area contributed by atoms with Crippen LogP contribution in [-0.2, 0) is 14.8 Å². The monoisotopic (exact) mass is 293 g/mol. The van der Waals surface area contributed by atoms with Gasteiger partial charge in [0.2, 0.25) is 10.0 Å². The fourth-order valence-corrected chi connectivity index (χ4v) is 2.68. The number of benzene rings is 1. The maximum absolute atomic E-state index is 13.0. The van der Waals surface area contributed by atoms with Gasteiger partial charge in [-0.1, -0.05) is 6.92 Å². The summed E-state index contributed by atoms with van der Waals surface area (Å²) < 4.78 is 51.7. The maximum Gasteiger partial charge on any atom is 0.307 e. The van der Waals surface area contributed by atoms with Crippen LogP contribution in [-0.4, -0.2) is 25.5 Å². The molecular weight excluding hydrogens is 280 g/mol. The molecule has 0 aliphatic rings. The molecular formula is C11H13F2NO4S. The van der Waals surface area contributed by atoms with Crippen LogP contribution in [0.15, 0.2) is 23.1 Å². The van der Waals surface area contributed by atoms with Crippen LogP contribution in [0.3, 0.4) is 0 Å². The molecule has 0 fully saturated rings. The number of hydrogen-bond acceptors (Lipinski definition) is 3. The summed E-state index contributed by atoms with van der Waals surface area (Å²) in [5.74, 6) is -4.22. The first kappa shape index (κ1) is 15.5. The van der Waals surface area contributed by atoms with Gasteiger partial charge in [0.25, 0.3) is 0 Å². The first-order chi connectivity index (χ1) is 8.63. The van der Waals surface area contributed by atoms with Crippen molar-refractivity contribution in [2.75, 3.05) is 0 Å². The van der Waals surface area contributed by atoms with Crippen molar-refractivity contribution in [3.05, 3.63) is 29.8 Å². The van der Waals surface area contributed by atoms with Crippen molar-refractivity contribution >= 4 is 16.0 Å². The van der Waals surface area contributed by atoms with Gasteiger partial charge in [-0.2, -0.15) is 0 Å². The number of hydrogen-bond donors (Lipinski definition) is 2. The SMILES string of the molecule is CC(NS(=O)(=O)c1cc(F)cc(F)c1)C(C)C(=O)O. The number of halogens is 2. The molecule has 0 aliphatic carbocycles. The Hall–Kier alpha value is -1.54. The molecule has 1 rings (SSSR count). The summed E-state index contributed by atoms with van der Waals surface area (Å²) >= 11 is 0. The summed E-state index contributed by atoms with van der Waals surface area (Å²) in [6, 6.07) is 0.934. The number of rotatable bonds is 5. The third kappa shape index (κ3) is 3.97. The Balaban J connectivity index is 3.02. The van der Waals surface area contributed by atoms with Crippen LogP contribution in [0, 0.1) is 17.6 Å². The molecule has 0 saturated heterocycles. The molecule has 1 aromatic rings. The van der Waals surface area contributed by atoms with Crippen LogP contribution in [0.5, 0.6) is 0 Å². The summed E-state index contributed by atoms with van der Waals surface area (Å²) in [6.07, 6.45) is 0. The van der Waals surface area contributed by atoms with E-state index >= 15 is 0 Å². The van der Waals surface area contributed by atoms with Crippen LogP contribution < -0.4 is 4.72 Å². The van der Waals surface area contributed by atoms with Crippen LogP contribution >= 0.6 is 0 Å². The highest BCUT2D eigenvalue weighted by Crippen LogP contribution is 2.15. The van der Waals surface area contributed by atoms with E-state index in [2.05, 4.69) is 4.72 Å². The van der Waals surface area contributed by atoms with Crippen molar-refractivity contribution in [2.45, 2.75) is 24.8 Å². The van der Waals surface area contributed by atoms with E-state index in [1.807, 2.05) is 0 Å². The first-order valence-electron chi connectivity index (χ1n) is 5.34. The highest BCUT2D eigenvalue weighted by atomic mass is 32.2. The van der Waals surface area contributed by atoms with E-state index in [0.717, 1.165) is 0 Å². The Morgan fingerprint density at radius 3 is 2.11 bits per heavy atom. The number of nitrogens with one attached hydrogen (secondary N) is 1. The van der Waals surface area contributed by atoms with Crippen molar-refractivity contribution in [2.24, 2.45) is 5.92 Å². The first-order valence-corrected chi connectivity index (χ1v) is 6.83. The number of carboxylic acid groups (broad SMARTS) is 1. The number of sulfonamides is 1. The Morgan fingerprint density at radius 2 is 1.68 bits per heavy atom. The quantitative estimate of drug-likeness (QED) is 0.858. The Kier molecular flexibility index (Phi) is 4.59. The molecule has 19 heavy (non-hydrogen) atoms. The van der Waals surface area contributed by atoms with Crippen LogP contribution in [0.4, 0.5) is 8.78 Å². The molecule has 2 N–H and O–H groups in total. The third-order valence-electron chi connectivity index (χ3n) is 2.63. The molecule has 1 aromatic carbocycles. The van der Waals surface area contributed by atoms with E-state index in [0.29, 0.717) is 18.2 Å². The van der Waals surface area contributed by atoms with Gasteiger partial charge in [0.05, 0.1) is 10.8 Å². The fraction of sp³-hybridized carbons (Fsp3) is 0.364. The van der Waals surface area contributed by atoms with Gasteiger partial charge in [0, 0.05) is 12.1 Å². The lowest BCUT2D eigenvalue weighted by atomic mass is 10.1. The van der Waals surface area contributed by atoms with Crippen molar-refractivity contribution < 1.29 is 27.1 Å². The van der Waals surface area contributed by atoms with Gasteiger partial charge in [-0.25, -0.2) is 21.9 Å². The Morgan fingerprint density at radius 1 is 1.21 bits per heavy atom. The van der Waals surface area contributed by atoms with Crippen molar-refractivity contribution in [3.63, 3.8) is 0 Å². The molecule has 0 radical (unpaired) electrons. The minimum Gasteiger partial charge on any atom is -0.481 e. The standard InChI is InChI=1S/C11H13F2NO4S/c1-6(11(15)16)7(2)14-19(17,18)10-4-8(12)3-9(13)5-10/h3-7,14H,1-2H3,(H,15,16). The van der Waals surface area contributed by atoms with Crippen LogP contribution in [0.25, 0.3) is 0 Å². The lowest BCUT2D eigenvalue weighted by molar-refractivity contribution is -0.141. The number of carbonyl (C=O) groups is 1. The summed E-state index contributed by atoms with van der Waals surface area (Å²) in [6.45, 7) is 2.67. The summed E-state index contributed by atoms with van der Waals surface area (Å²) in [4.78, 5) is 10.1. The molecule has 0 aliphatic heterocycles. The van der Waals surface area contributed by atoms with Gasteiger partial charge in [0.1, 0.15) is 11.6 Å². The molecule has 0 heterocycles. The summed E-state index contributed by atoms with van der Waals surface area (Å²) in [7, 11) is -4.18. The predicted molar refractivity (Wildman–Crippen MR) is 62.9 cm³/mol. The van der Waals surface area contributed by atoms with E-state index in [4.69, 9.17) is 5.11 Å². The van der Waals surface area contributed by atoms with Gasteiger partial charge in [-0.15, -0.1) is 0 Å². The highest BCUT2D eigenvalue weighted by Gasteiger charge is 2.25. The predicted octanol–water partition coefficient (Wildman–Crippen LogP) is 1.35. The maximum atomic E-state index is 13.0. The molecule has 0 amide bonds. The minimum atomic E-state index is -4.18. The normalized spacial score (nSPS) is 14.9. The zero-order valence-corrected chi connectivity index (χ0v) is 11.0. The molecule has 106 valence electrons. The molecule has 8 heteroatoms. The highest BCUT2D eigenvalue weighted by molar-refractivity contribution is 7.89. The minimum absolute atomic E-state index is 0.544. The number of aliphatic carboxylic acids is 1. The van der Waals surface area contributed by atoms with E-state index in [1.165, 1.54) is 13.8 Å². The summed E-state index contributed by atoms with van der Waals surface area (Å²) in [5, 5.41) is 8.75. The van der Waals surface area contributed by atoms with Crippen molar-refractivity contribution in [1.29, 1.82) is 0 Å². The molecule has 0 saturated carbocycles. The van der Waals surface area contributed by atoms with E-state index < -0.39 is 44.5 Å². The molecule has 2 unspecified atom stereocenters. The zero-order chi connectivity index (χ0) is 14.8. The topological polar surface area (TPSA) is 83.5 Å². The van der Waals surface area contributed by atoms with Crippen molar-refractivity contribution in [3.8, 4) is 0 Å². The smallest absolute Gasteiger partial charge is 0.307 e. The molecule has 0 bridgehead atoms. The van der Waals surface area contributed by atoms with Crippen LogP contribution in [0.1, 0.15) is 13.8 Å². The van der Waals surface area contributed by atoms with E-state index in [9.17, 15) is 22.0 Å². The average Bonchev–Trinajstić information content (AvgIpc) is 2.25. The van der Waals surface area contributed by atoms with Gasteiger partial charge in [-0.3, -0.25) is 4.79 Å². The second-order valence-electron chi connectivity index (χ2n) is 4.14. The second kappa shape index (κ2) is 5.62. The third-order valence-corrected chi connectivity index (χ3v) is 4.17.